The highest BCUT2D eigenvalue weighted by Gasteiger charge is 2.46. The van der Waals surface area contributed by atoms with E-state index in [-0.39, 0.29) is 11.6 Å². The summed E-state index contributed by atoms with van der Waals surface area (Å²) in [5.41, 5.74) is -0.132. The van der Waals surface area contributed by atoms with Crippen molar-refractivity contribution in [2.75, 3.05) is 0 Å². The zero-order chi connectivity index (χ0) is 9.47. The number of esters is 1. The second-order valence-corrected chi connectivity index (χ2v) is 4.83. The minimum atomic E-state index is -0.132. The summed E-state index contributed by atoms with van der Waals surface area (Å²) in [5, 5.41) is 0. The number of hydrogen-bond donors (Lipinski definition) is 0. The quantitative estimate of drug-likeness (QED) is 0.582. The topological polar surface area (TPSA) is 26.3 Å². The van der Waals surface area contributed by atoms with Gasteiger partial charge in [-0.05, 0) is 50.9 Å². The van der Waals surface area contributed by atoms with Crippen molar-refractivity contribution >= 4 is 5.97 Å². The third kappa shape index (κ3) is 1.59. The number of carbonyl (C=O) groups is 1. The van der Waals surface area contributed by atoms with E-state index in [1.165, 1.54) is 32.6 Å². The predicted octanol–water partition coefficient (Wildman–Crippen LogP) is 2.52. The van der Waals surface area contributed by atoms with Crippen LogP contribution in [0.25, 0.3) is 0 Å². The summed E-state index contributed by atoms with van der Waals surface area (Å²) in [6.45, 7) is 3.64. The maximum Gasteiger partial charge on any atom is 0.303 e. The van der Waals surface area contributed by atoms with E-state index < -0.39 is 0 Å². The number of hydrogen-bond acceptors (Lipinski definition) is 2. The van der Waals surface area contributed by atoms with Crippen molar-refractivity contribution in [1.82, 2.24) is 0 Å². The Kier molecular flexibility index (Phi) is 2.09. The average molecular weight is 182 g/mol. The van der Waals surface area contributed by atoms with E-state index in [0.29, 0.717) is 5.92 Å². The summed E-state index contributed by atoms with van der Waals surface area (Å²) in [5.74, 6) is 1.32. The van der Waals surface area contributed by atoms with Gasteiger partial charge >= 0.3 is 5.97 Å². The lowest BCUT2D eigenvalue weighted by Crippen LogP contribution is -2.47. The van der Waals surface area contributed by atoms with Crippen molar-refractivity contribution in [2.24, 2.45) is 11.8 Å². The molecule has 0 amide bonds. The number of rotatable bonds is 1. The summed E-state index contributed by atoms with van der Waals surface area (Å²) < 4.78 is 5.47. The zero-order valence-corrected chi connectivity index (χ0v) is 8.51. The molecule has 0 spiro atoms. The number of fused-ring (bicyclic) bond motifs is 3. The molecule has 1 unspecified atom stereocenters. The highest BCUT2D eigenvalue weighted by atomic mass is 16.6. The molecule has 0 N–H and O–H groups in total. The molecular weight excluding hydrogens is 164 g/mol. The molecule has 3 aliphatic rings. The summed E-state index contributed by atoms with van der Waals surface area (Å²) in [6, 6.07) is 0. The molecule has 2 bridgehead atoms. The zero-order valence-electron chi connectivity index (χ0n) is 8.51. The van der Waals surface area contributed by atoms with Crippen molar-refractivity contribution in [3.05, 3.63) is 0 Å². The van der Waals surface area contributed by atoms with Crippen LogP contribution in [0.3, 0.4) is 0 Å². The Labute approximate surface area is 79.7 Å². The summed E-state index contributed by atoms with van der Waals surface area (Å²) in [4.78, 5) is 11.0. The normalized spacial score (nSPS) is 43.2. The van der Waals surface area contributed by atoms with Crippen molar-refractivity contribution in [1.29, 1.82) is 0 Å². The fourth-order valence-corrected chi connectivity index (χ4v) is 3.17. The van der Waals surface area contributed by atoms with E-state index in [1.807, 2.05) is 0 Å². The Balaban J connectivity index is 2.09. The summed E-state index contributed by atoms with van der Waals surface area (Å²) in [7, 11) is 0. The van der Waals surface area contributed by atoms with Gasteiger partial charge in [0.1, 0.15) is 5.60 Å². The summed E-state index contributed by atoms with van der Waals surface area (Å²) in [6.07, 6.45) is 6.31. The SMILES string of the molecule is CC(=O)OC1(C)CC2CCC1CC2. The standard InChI is InChI=1S/C11H18O2/c1-8(12)13-11(2)7-9-3-5-10(11)6-4-9/h9-10H,3-7H2,1-2H3. The maximum atomic E-state index is 11.0. The van der Waals surface area contributed by atoms with Crippen LogP contribution in [0.2, 0.25) is 0 Å². The smallest absolute Gasteiger partial charge is 0.303 e. The molecular formula is C11H18O2. The van der Waals surface area contributed by atoms with E-state index in [9.17, 15) is 4.79 Å². The Morgan fingerprint density at radius 3 is 2.31 bits per heavy atom. The third-order valence-corrected chi connectivity index (χ3v) is 3.78. The van der Waals surface area contributed by atoms with Crippen molar-refractivity contribution < 1.29 is 9.53 Å². The van der Waals surface area contributed by atoms with Crippen LogP contribution in [0.5, 0.6) is 0 Å². The molecule has 0 saturated heterocycles. The van der Waals surface area contributed by atoms with Crippen LogP contribution in [0.1, 0.15) is 46.0 Å². The van der Waals surface area contributed by atoms with E-state index in [0.717, 1.165) is 12.3 Å². The molecule has 13 heavy (non-hydrogen) atoms. The Hall–Kier alpha value is -0.530. The number of carbonyl (C=O) groups excluding carboxylic acids is 1. The van der Waals surface area contributed by atoms with Crippen LogP contribution >= 0.6 is 0 Å². The minimum Gasteiger partial charge on any atom is -0.459 e. The van der Waals surface area contributed by atoms with Gasteiger partial charge in [-0.25, -0.2) is 0 Å². The lowest BCUT2D eigenvalue weighted by Gasteiger charge is -2.48. The Bertz CT molecular complexity index is 216. The molecule has 0 aliphatic heterocycles. The van der Waals surface area contributed by atoms with E-state index in [1.54, 1.807) is 0 Å². The largest absolute Gasteiger partial charge is 0.459 e. The maximum absolute atomic E-state index is 11.0. The van der Waals surface area contributed by atoms with Gasteiger partial charge in [0.2, 0.25) is 0 Å². The van der Waals surface area contributed by atoms with Crippen LogP contribution in [0.15, 0.2) is 0 Å². The van der Waals surface area contributed by atoms with Crippen LogP contribution in [-0.4, -0.2) is 11.6 Å². The monoisotopic (exact) mass is 182 g/mol. The predicted molar refractivity (Wildman–Crippen MR) is 50.2 cm³/mol. The van der Waals surface area contributed by atoms with Gasteiger partial charge in [-0.2, -0.15) is 0 Å². The second-order valence-electron chi connectivity index (χ2n) is 4.83. The molecule has 74 valence electrons. The van der Waals surface area contributed by atoms with Gasteiger partial charge in [-0.3, -0.25) is 4.79 Å². The fourth-order valence-electron chi connectivity index (χ4n) is 3.17. The average Bonchev–Trinajstić information content (AvgIpc) is 2.03. The van der Waals surface area contributed by atoms with Gasteiger partial charge < -0.3 is 4.74 Å². The van der Waals surface area contributed by atoms with Gasteiger partial charge in [0.15, 0.2) is 0 Å². The number of ether oxygens (including phenoxy) is 1. The molecule has 2 nitrogen and oxygen atoms in total. The molecule has 3 aliphatic carbocycles. The molecule has 0 heterocycles. The summed E-state index contributed by atoms with van der Waals surface area (Å²) >= 11 is 0. The van der Waals surface area contributed by atoms with Gasteiger partial charge in [0, 0.05) is 6.92 Å². The van der Waals surface area contributed by atoms with E-state index in [4.69, 9.17) is 4.74 Å². The van der Waals surface area contributed by atoms with Gasteiger partial charge in [-0.1, -0.05) is 0 Å². The molecule has 2 heteroatoms. The highest BCUT2D eigenvalue weighted by Crippen LogP contribution is 2.48. The first-order chi connectivity index (χ1) is 6.10. The van der Waals surface area contributed by atoms with Crippen molar-refractivity contribution in [3.63, 3.8) is 0 Å². The molecule has 0 aromatic heterocycles. The Morgan fingerprint density at radius 2 is 1.92 bits per heavy atom. The third-order valence-electron chi connectivity index (χ3n) is 3.78. The molecule has 0 aromatic rings. The molecule has 0 radical (unpaired) electrons. The van der Waals surface area contributed by atoms with E-state index >= 15 is 0 Å². The van der Waals surface area contributed by atoms with Crippen LogP contribution in [0, 0.1) is 11.8 Å². The first-order valence-corrected chi connectivity index (χ1v) is 5.30. The first-order valence-electron chi connectivity index (χ1n) is 5.30. The lowest BCUT2D eigenvalue weighted by molar-refractivity contribution is -0.173. The van der Waals surface area contributed by atoms with Crippen LogP contribution < -0.4 is 0 Å². The van der Waals surface area contributed by atoms with Crippen LogP contribution in [-0.2, 0) is 9.53 Å². The highest BCUT2D eigenvalue weighted by molar-refractivity contribution is 5.66. The first kappa shape index (κ1) is 9.04. The minimum absolute atomic E-state index is 0.116. The van der Waals surface area contributed by atoms with E-state index in [2.05, 4.69) is 6.92 Å². The molecule has 1 atom stereocenters. The molecule has 3 saturated carbocycles. The molecule has 3 rings (SSSR count). The second kappa shape index (κ2) is 3.00. The van der Waals surface area contributed by atoms with Crippen molar-refractivity contribution in [3.8, 4) is 0 Å². The lowest BCUT2D eigenvalue weighted by atomic mass is 9.63. The van der Waals surface area contributed by atoms with Gasteiger partial charge in [-0.15, -0.1) is 0 Å². The Morgan fingerprint density at radius 1 is 1.31 bits per heavy atom. The van der Waals surface area contributed by atoms with Gasteiger partial charge in [0.25, 0.3) is 0 Å². The fraction of sp³-hybridized carbons (Fsp3) is 0.909. The van der Waals surface area contributed by atoms with Gasteiger partial charge in [0.05, 0.1) is 0 Å². The molecule has 3 fully saturated rings. The van der Waals surface area contributed by atoms with Crippen molar-refractivity contribution in [2.45, 2.75) is 51.6 Å². The molecule has 0 aromatic carbocycles. The van der Waals surface area contributed by atoms with Crippen LogP contribution in [0.4, 0.5) is 0 Å².